The van der Waals surface area contributed by atoms with Crippen LogP contribution in [0.4, 0.5) is 0 Å². The maximum Gasteiger partial charge on any atom is 2.00 e. The van der Waals surface area contributed by atoms with Gasteiger partial charge in [-0.15, -0.1) is 23.5 Å². The molecule has 24 heavy (non-hydrogen) atoms. The fourth-order valence-corrected chi connectivity index (χ4v) is 12.0. The number of rotatable bonds is 2. The van der Waals surface area contributed by atoms with Gasteiger partial charge >= 0.3 is 26.2 Å². The quantitative estimate of drug-likeness (QED) is 0.481. The molecule has 0 fully saturated rings. The molecule has 0 saturated heterocycles. The van der Waals surface area contributed by atoms with Crippen molar-refractivity contribution in [3.05, 3.63) is 66.8 Å². The van der Waals surface area contributed by atoms with Crippen LogP contribution in [0.15, 0.2) is 66.8 Å². The maximum atomic E-state index is 2.55. The van der Waals surface area contributed by atoms with Crippen LogP contribution in [0.5, 0.6) is 0 Å². The standard InChI is InChI=1S/C18H20S2Si.2ClH.Zr/c1-11-9-13-5-7-19-15(13)17(11)21(3,4)18-12(2)10-14-6-8-20-16(14)18;;;/h5-6,9-10H,7-8H2,1-4H3;2*1H;/q;;;+2/p-2. The minimum absolute atomic E-state index is 0. The van der Waals surface area contributed by atoms with Crippen molar-refractivity contribution in [1.82, 2.24) is 0 Å². The Morgan fingerprint density at radius 3 is 1.54 bits per heavy atom. The van der Waals surface area contributed by atoms with Crippen molar-refractivity contribution in [2.75, 3.05) is 11.5 Å². The molecule has 4 rings (SSSR count). The molecule has 2 aliphatic heterocycles. The Hall–Kier alpha value is 0.820. The summed E-state index contributed by atoms with van der Waals surface area (Å²) in [4.78, 5) is 3.18. The van der Waals surface area contributed by atoms with Gasteiger partial charge in [0.2, 0.25) is 0 Å². The molecule has 0 nitrogen and oxygen atoms in total. The molecule has 0 spiro atoms. The predicted octanol–water partition coefficient (Wildman–Crippen LogP) is -0.447. The van der Waals surface area contributed by atoms with E-state index in [1.807, 2.05) is 23.5 Å². The molecule has 0 unspecified atom stereocenters. The van der Waals surface area contributed by atoms with Crippen molar-refractivity contribution >= 4 is 31.6 Å². The van der Waals surface area contributed by atoms with E-state index < -0.39 is 8.07 Å². The van der Waals surface area contributed by atoms with Crippen molar-refractivity contribution in [2.45, 2.75) is 26.9 Å². The Morgan fingerprint density at radius 1 is 0.792 bits per heavy atom. The summed E-state index contributed by atoms with van der Waals surface area (Å²) in [6.45, 7) is 9.73. The number of halogens is 2. The third kappa shape index (κ3) is 3.37. The summed E-state index contributed by atoms with van der Waals surface area (Å²) in [5, 5.41) is 3.39. The Kier molecular flexibility index (Phi) is 7.84. The molecule has 6 heteroatoms. The first kappa shape index (κ1) is 22.9. The van der Waals surface area contributed by atoms with Gasteiger partial charge in [-0.2, -0.15) is 0 Å². The van der Waals surface area contributed by atoms with E-state index in [-0.39, 0.29) is 51.0 Å². The summed E-state index contributed by atoms with van der Waals surface area (Å²) >= 11 is 4.09. The van der Waals surface area contributed by atoms with Crippen LogP contribution in [-0.2, 0) is 26.2 Å². The third-order valence-electron chi connectivity index (χ3n) is 4.82. The van der Waals surface area contributed by atoms with Gasteiger partial charge in [-0.05, 0) is 46.5 Å². The Balaban J connectivity index is 0.000000960. The third-order valence-corrected chi connectivity index (χ3v) is 11.1. The van der Waals surface area contributed by atoms with Gasteiger partial charge in [-0.3, -0.25) is 0 Å². The van der Waals surface area contributed by atoms with E-state index in [2.05, 4.69) is 51.2 Å². The van der Waals surface area contributed by atoms with E-state index in [1.165, 1.54) is 22.3 Å². The molecule has 0 aromatic carbocycles. The Labute approximate surface area is 186 Å². The van der Waals surface area contributed by atoms with Crippen LogP contribution in [0.25, 0.3) is 0 Å². The first-order chi connectivity index (χ1) is 10.00. The number of allylic oxidation sites excluding steroid dienone is 8. The molecule has 0 aromatic rings. The van der Waals surface area contributed by atoms with E-state index in [0.29, 0.717) is 0 Å². The van der Waals surface area contributed by atoms with Crippen molar-refractivity contribution in [1.29, 1.82) is 0 Å². The molecule has 2 heterocycles. The van der Waals surface area contributed by atoms with Gasteiger partial charge in [0, 0.05) is 21.3 Å². The van der Waals surface area contributed by atoms with Crippen LogP contribution < -0.4 is 24.8 Å². The van der Waals surface area contributed by atoms with Crippen LogP contribution in [0.3, 0.4) is 0 Å². The molecule has 0 N–H and O–H groups in total. The Morgan fingerprint density at radius 2 is 1.17 bits per heavy atom. The number of hydrogen-bond donors (Lipinski definition) is 0. The smallest absolute Gasteiger partial charge is 1.00 e. The predicted molar refractivity (Wildman–Crippen MR) is 100 cm³/mol. The zero-order chi connectivity index (χ0) is 14.8. The summed E-state index contributed by atoms with van der Waals surface area (Å²) in [6, 6.07) is 0. The van der Waals surface area contributed by atoms with Gasteiger partial charge in [0.25, 0.3) is 0 Å². The summed E-state index contributed by atoms with van der Waals surface area (Å²) in [5.41, 5.74) is 6.02. The first-order valence-electron chi connectivity index (χ1n) is 7.53. The fourth-order valence-electron chi connectivity index (χ4n) is 4.11. The monoisotopic (exact) mass is 488 g/mol. The van der Waals surface area contributed by atoms with Crippen molar-refractivity contribution in [3.8, 4) is 0 Å². The zero-order valence-electron chi connectivity index (χ0n) is 14.3. The molecule has 2 aliphatic carbocycles. The second-order valence-electron chi connectivity index (χ2n) is 6.63. The molecule has 0 atom stereocenters. The molecule has 0 bridgehead atoms. The molecule has 4 aliphatic rings. The number of hydrogen-bond acceptors (Lipinski definition) is 2. The molecule has 126 valence electrons. The van der Waals surface area contributed by atoms with E-state index in [9.17, 15) is 0 Å². The molecular weight excluding hydrogens is 471 g/mol. The van der Waals surface area contributed by atoms with Crippen LogP contribution in [-0.4, -0.2) is 19.6 Å². The maximum absolute atomic E-state index is 2.55. The van der Waals surface area contributed by atoms with Crippen molar-refractivity contribution in [2.24, 2.45) is 0 Å². The summed E-state index contributed by atoms with van der Waals surface area (Å²) in [7, 11) is -1.64. The second-order valence-corrected chi connectivity index (χ2v) is 12.9. The average Bonchev–Trinajstić information content (AvgIpc) is 3.07. The van der Waals surface area contributed by atoms with Gasteiger partial charge < -0.3 is 24.8 Å². The second kappa shape index (κ2) is 8.23. The molecule has 0 radical (unpaired) electrons. The van der Waals surface area contributed by atoms with E-state index in [0.717, 1.165) is 11.5 Å². The SMILES string of the molecule is CC1=CC2=CCSC2=C1[Si](C)(C)C1=C2SCC=C2C=C1C.[Cl-].[Cl-].[Zr+2]. The van der Waals surface area contributed by atoms with Crippen LogP contribution >= 0.6 is 23.5 Å². The van der Waals surface area contributed by atoms with E-state index >= 15 is 0 Å². The van der Waals surface area contributed by atoms with Gasteiger partial charge in [-0.1, -0.05) is 37.4 Å². The summed E-state index contributed by atoms with van der Waals surface area (Å²) in [5.74, 6) is 2.31. The van der Waals surface area contributed by atoms with Crippen LogP contribution in [0.2, 0.25) is 13.1 Å². The number of thioether (sulfide) groups is 2. The van der Waals surface area contributed by atoms with Gasteiger partial charge in [0.1, 0.15) is 8.07 Å². The normalized spacial score (nSPS) is 21.2. The molecular formula is C18H20Cl2S2SiZr. The summed E-state index contributed by atoms with van der Waals surface area (Å²) in [6.07, 6.45) is 9.62. The molecule has 0 saturated carbocycles. The van der Waals surface area contributed by atoms with Crippen molar-refractivity contribution in [3.63, 3.8) is 0 Å². The van der Waals surface area contributed by atoms with Crippen molar-refractivity contribution < 1.29 is 51.0 Å². The number of fused-ring (bicyclic) bond motifs is 2. The van der Waals surface area contributed by atoms with Gasteiger partial charge in [0.05, 0.1) is 0 Å². The largest absolute Gasteiger partial charge is 2.00 e. The Bertz CT molecular complexity index is 693. The average molecular weight is 491 g/mol. The van der Waals surface area contributed by atoms with E-state index in [1.54, 1.807) is 20.2 Å². The first-order valence-corrected chi connectivity index (χ1v) is 12.5. The fraction of sp³-hybridized carbons (Fsp3) is 0.333. The van der Waals surface area contributed by atoms with Gasteiger partial charge in [0.15, 0.2) is 0 Å². The van der Waals surface area contributed by atoms with E-state index in [4.69, 9.17) is 0 Å². The topological polar surface area (TPSA) is 0 Å². The van der Waals surface area contributed by atoms with Gasteiger partial charge in [-0.25, -0.2) is 0 Å². The summed E-state index contributed by atoms with van der Waals surface area (Å²) < 4.78 is 0. The minimum Gasteiger partial charge on any atom is -1.00 e. The van der Waals surface area contributed by atoms with Crippen LogP contribution in [0, 0.1) is 0 Å². The minimum atomic E-state index is -1.64. The molecule has 0 aromatic heterocycles. The van der Waals surface area contributed by atoms with Crippen LogP contribution in [0.1, 0.15) is 13.8 Å². The zero-order valence-corrected chi connectivity index (χ0v) is 20.9. The molecule has 0 amide bonds.